The van der Waals surface area contributed by atoms with Gasteiger partial charge in [0.2, 0.25) is 0 Å². The highest BCUT2D eigenvalue weighted by atomic mass is 32.1. The lowest BCUT2D eigenvalue weighted by Gasteiger charge is -2.18. The smallest absolute Gasteiger partial charge is 0.189 e. The molecule has 0 aliphatic heterocycles. The molecular weight excluding hydrogens is 294 g/mol. The number of hydrogen-bond acceptors (Lipinski definition) is 4. The van der Waals surface area contributed by atoms with Crippen molar-refractivity contribution in [3.05, 3.63) is 59.7 Å². The Hall–Kier alpha value is -2.34. The number of hydrogen-bond donors (Lipinski definition) is 1. The van der Waals surface area contributed by atoms with E-state index in [1.807, 2.05) is 55.3 Å². The third-order valence-electron chi connectivity index (χ3n) is 3.04. The molecule has 0 saturated heterocycles. The molecule has 0 radical (unpaired) electrons. The third kappa shape index (κ3) is 5.21. The van der Waals surface area contributed by atoms with Crippen molar-refractivity contribution in [3.8, 4) is 0 Å². The lowest BCUT2D eigenvalue weighted by Crippen LogP contribution is -2.35. The molecule has 2 aromatic heterocycles. The fourth-order valence-electron chi connectivity index (χ4n) is 1.80. The van der Waals surface area contributed by atoms with E-state index in [-0.39, 0.29) is 0 Å². The summed E-state index contributed by atoms with van der Waals surface area (Å²) >= 11 is 5.29. The van der Waals surface area contributed by atoms with Crippen LogP contribution in [-0.4, -0.2) is 39.8 Å². The summed E-state index contributed by atoms with van der Waals surface area (Å²) in [7, 11) is 1.93. The maximum absolute atomic E-state index is 5.29. The van der Waals surface area contributed by atoms with Gasteiger partial charge < -0.3 is 4.90 Å². The van der Waals surface area contributed by atoms with Crippen molar-refractivity contribution in [2.45, 2.75) is 13.3 Å². The normalized spacial score (nSPS) is 10.6. The van der Waals surface area contributed by atoms with Crippen LogP contribution >= 0.6 is 12.2 Å². The van der Waals surface area contributed by atoms with Crippen LogP contribution in [0.2, 0.25) is 0 Å². The number of nitrogens with one attached hydrogen (secondary N) is 1. The van der Waals surface area contributed by atoms with Crippen molar-refractivity contribution in [3.63, 3.8) is 0 Å². The minimum atomic E-state index is 0.569. The Morgan fingerprint density at radius 1 is 1.32 bits per heavy atom. The van der Waals surface area contributed by atoms with Crippen LogP contribution in [0.5, 0.6) is 0 Å². The molecule has 5 nitrogen and oxygen atoms in total. The van der Waals surface area contributed by atoms with Crippen molar-refractivity contribution in [1.29, 1.82) is 0 Å². The summed E-state index contributed by atoms with van der Waals surface area (Å²) in [6.45, 7) is 2.72. The molecular formula is C16H19N5S. The molecule has 0 bridgehead atoms. The summed E-state index contributed by atoms with van der Waals surface area (Å²) in [5.41, 5.74) is 5.65. The number of aromatic nitrogens is 2. The standard InChI is InChI=1S/C16H19N5S/c1-13-6-5-8-15(19-13)12-18-20-16(22)21(2)11-9-14-7-3-4-10-17-14/h3-8,10,12H,9,11H2,1-2H3,(H,20,22). The van der Waals surface area contributed by atoms with Gasteiger partial charge in [0.25, 0.3) is 0 Å². The van der Waals surface area contributed by atoms with E-state index in [9.17, 15) is 0 Å². The Labute approximate surface area is 136 Å². The van der Waals surface area contributed by atoms with Crippen molar-refractivity contribution < 1.29 is 0 Å². The summed E-state index contributed by atoms with van der Waals surface area (Å²) in [6.07, 6.45) is 4.29. The van der Waals surface area contributed by atoms with Gasteiger partial charge in [-0.2, -0.15) is 5.10 Å². The first-order valence-corrected chi connectivity index (χ1v) is 7.44. The number of aryl methyl sites for hydroxylation is 1. The fraction of sp³-hybridized carbons (Fsp3) is 0.250. The Morgan fingerprint density at radius 2 is 2.18 bits per heavy atom. The molecule has 0 aliphatic carbocycles. The summed E-state index contributed by atoms with van der Waals surface area (Å²) in [5, 5.41) is 4.69. The van der Waals surface area contributed by atoms with E-state index in [0.717, 1.165) is 30.0 Å². The van der Waals surface area contributed by atoms with E-state index in [1.165, 1.54) is 0 Å². The molecule has 22 heavy (non-hydrogen) atoms. The third-order valence-corrected chi connectivity index (χ3v) is 3.45. The van der Waals surface area contributed by atoms with E-state index < -0.39 is 0 Å². The molecule has 1 N–H and O–H groups in total. The minimum Gasteiger partial charge on any atom is -0.351 e. The largest absolute Gasteiger partial charge is 0.351 e. The van der Waals surface area contributed by atoms with Gasteiger partial charge >= 0.3 is 0 Å². The van der Waals surface area contributed by atoms with Gasteiger partial charge in [0.05, 0.1) is 11.9 Å². The Morgan fingerprint density at radius 3 is 2.91 bits per heavy atom. The van der Waals surface area contributed by atoms with Crippen molar-refractivity contribution in [2.24, 2.45) is 5.10 Å². The molecule has 0 spiro atoms. The molecule has 0 atom stereocenters. The zero-order chi connectivity index (χ0) is 15.8. The molecule has 0 saturated carbocycles. The number of rotatable bonds is 5. The predicted octanol–water partition coefficient (Wildman–Crippen LogP) is 2.17. The zero-order valence-corrected chi connectivity index (χ0v) is 13.5. The highest BCUT2D eigenvalue weighted by molar-refractivity contribution is 7.80. The summed E-state index contributed by atoms with van der Waals surface area (Å²) in [5.74, 6) is 0. The molecule has 0 aromatic carbocycles. The topological polar surface area (TPSA) is 53.4 Å². The van der Waals surface area contributed by atoms with Gasteiger partial charge in [-0.1, -0.05) is 12.1 Å². The second kappa shape index (κ2) is 8.19. The van der Waals surface area contributed by atoms with Gasteiger partial charge in [-0.25, -0.2) is 0 Å². The second-order valence-corrected chi connectivity index (χ2v) is 5.26. The molecule has 0 unspecified atom stereocenters. The van der Waals surface area contributed by atoms with Crippen LogP contribution in [-0.2, 0) is 6.42 Å². The number of nitrogens with zero attached hydrogens (tertiary/aromatic N) is 4. The monoisotopic (exact) mass is 313 g/mol. The first-order valence-electron chi connectivity index (χ1n) is 7.03. The Bertz CT molecular complexity index is 642. The van der Waals surface area contributed by atoms with Gasteiger partial charge in [0.1, 0.15) is 0 Å². The molecule has 2 heterocycles. The van der Waals surface area contributed by atoms with E-state index >= 15 is 0 Å². The summed E-state index contributed by atoms with van der Waals surface area (Å²) in [6, 6.07) is 11.7. The predicted molar refractivity (Wildman–Crippen MR) is 92.9 cm³/mol. The lowest BCUT2D eigenvalue weighted by molar-refractivity contribution is 0.496. The van der Waals surface area contributed by atoms with Gasteiger partial charge in [0, 0.05) is 37.6 Å². The zero-order valence-electron chi connectivity index (χ0n) is 12.7. The molecule has 2 rings (SSSR count). The Balaban J connectivity index is 1.79. The van der Waals surface area contributed by atoms with Crippen LogP contribution in [0.25, 0.3) is 0 Å². The number of thiocarbonyl (C=S) groups is 1. The maximum atomic E-state index is 5.29. The molecule has 0 aliphatic rings. The fourth-order valence-corrected chi connectivity index (χ4v) is 1.95. The first-order chi connectivity index (χ1) is 10.6. The minimum absolute atomic E-state index is 0.569. The van der Waals surface area contributed by atoms with Crippen molar-refractivity contribution >= 4 is 23.5 Å². The van der Waals surface area contributed by atoms with Gasteiger partial charge in [-0.15, -0.1) is 0 Å². The molecule has 0 amide bonds. The van der Waals surface area contributed by atoms with E-state index in [2.05, 4.69) is 20.5 Å². The van der Waals surface area contributed by atoms with E-state index in [0.29, 0.717) is 5.11 Å². The first kappa shape index (κ1) is 16.0. The number of likely N-dealkylation sites (N-methyl/N-ethyl adjacent to an activating group) is 1. The number of pyridine rings is 2. The molecule has 0 fully saturated rings. The van der Waals surface area contributed by atoms with Crippen LogP contribution in [0, 0.1) is 6.92 Å². The molecule has 6 heteroatoms. The Kier molecular flexibility index (Phi) is 5.97. The average Bonchev–Trinajstić information content (AvgIpc) is 2.53. The average molecular weight is 313 g/mol. The van der Waals surface area contributed by atoms with Gasteiger partial charge in [0.15, 0.2) is 5.11 Å². The quantitative estimate of drug-likeness (QED) is 0.521. The van der Waals surface area contributed by atoms with E-state index in [4.69, 9.17) is 12.2 Å². The molecule has 114 valence electrons. The lowest BCUT2D eigenvalue weighted by atomic mass is 10.2. The van der Waals surface area contributed by atoms with Crippen molar-refractivity contribution in [2.75, 3.05) is 13.6 Å². The second-order valence-electron chi connectivity index (χ2n) is 4.87. The summed E-state index contributed by atoms with van der Waals surface area (Å²) < 4.78 is 0. The van der Waals surface area contributed by atoms with Gasteiger partial charge in [-0.05, 0) is 43.4 Å². The van der Waals surface area contributed by atoms with Crippen LogP contribution < -0.4 is 5.43 Å². The van der Waals surface area contributed by atoms with Crippen LogP contribution in [0.3, 0.4) is 0 Å². The molecule has 2 aromatic rings. The highest BCUT2D eigenvalue weighted by Gasteiger charge is 2.03. The maximum Gasteiger partial charge on any atom is 0.189 e. The van der Waals surface area contributed by atoms with Crippen LogP contribution in [0.1, 0.15) is 17.1 Å². The van der Waals surface area contributed by atoms with E-state index in [1.54, 1.807) is 12.4 Å². The highest BCUT2D eigenvalue weighted by Crippen LogP contribution is 1.97. The van der Waals surface area contributed by atoms with Crippen molar-refractivity contribution in [1.82, 2.24) is 20.3 Å². The SMILES string of the molecule is Cc1cccc(C=NNC(=S)N(C)CCc2ccccn2)n1. The summed E-state index contributed by atoms with van der Waals surface area (Å²) in [4.78, 5) is 10.6. The van der Waals surface area contributed by atoms with Crippen LogP contribution in [0.15, 0.2) is 47.7 Å². The van der Waals surface area contributed by atoms with Gasteiger partial charge in [-0.3, -0.25) is 15.4 Å². The number of hydrazone groups is 1. The van der Waals surface area contributed by atoms with Crippen LogP contribution in [0.4, 0.5) is 0 Å².